The van der Waals surface area contributed by atoms with E-state index in [9.17, 15) is 9.18 Å². The third-order valence-corrected chi connectivity index (χ3v) is 11.7. The van der Waals surface area contributed by atoms with Crippen molar-refractivity contribution >= 4 is 36.8 Å². The molecule has 4 rings (SSSR count). The Bertz CT molecular complexity index is 1150. The van der Waals surface area contributed by atoms with Crippen LogP contribution in [0, 0.1) is 5.82 Å². The highest BCUT2D eigenvalue weighted by molar-refractivity contribution is 6.74. The van der Waals surface area contributed by atoms with E-state index in [1.807, 2.05) is 12.1 Å². The second kappa shape index (κ2) is 9.46. The first-order valence-corrected chi connectivity index (χ1v) is 14.8. The molecule has 0 radical (unpaired) electrons. The van der Waals surface area contributed by atoms with E-state index in [2.05, 4.69) is 59.5 Å². The predicted molar refractivity (Wildman–Crippen MR) is 136 cm³/mol. The van der Waals surface area contributed by atoms with Crippen molar-refractivity contribution in [2.45, 2.75) is 76.6 Å². The fraction of sp³-hybridized carbons (Fsp3) is 0.480. The standard InChI is InChI=1S/C25H34FN5O2Si/c1-25(2,3)34(4,5)33-19-9-6-16(7-10-19)21-11-8-18(14-27-21)30-24(32)31-22-15-29-23-20(22)12-17(26)13-28-23/h8,11-16,19H,6-7,9-10H2,1-5H3,(H,28,29)(H2,30,31,32). The average molecular weight is 484 g/mol. The van der Waals surface area contributed by atoms with Gasteiger partial charge in [-0.1, -0.05) is 20.8 Å². The summed E-state index contributed by atoms with van der Waals surface area (Å²) in [6.07, 6.45) is 8.98. The molecule has 3 aromatic heterocycles. The molecule has 2 amide bonds. The van der Waals surface area contributed by atoms with E-state index < -0.39 is 20.2 Å². The summed E-state index contributed by atoms with van der Waals surface area (Å²) in [6, 6.07) is 4.76. The Balaban J connectivity index is 1.30. The lowest BCUT2D eigenvalue weighted by Crippen LogP contribution is -2.44. The second-order valence-corrected chi connectivity index (χ2v) is 15.4. The zero-order chi connectivity index (χ0) is 24.5. The molecule has 7 nitrogen and oxygen atoms in total. The number of aromatic amines is 1. The Morgan fingerprint density at radius 2 is 1.85 bits per heavy atom. The van der Waals surface area contributed by atoms with E-state index in [0.29, 0.717) is 34.4 Å². The van der Waals surface area contributed by atoms with Crippen molar-refractivity contribution in [1.82, 2.24) is 15.0 Å². The smallest absolute Gasteiger partial charge is 0.323 e. The van der Waals surface area contributed by atoms with Gasteiger partial charge >= 0.3 is 6.03 Å². The number of hydrogen-bond acceptors (Lipinski definition) is 4. The first-order valence-electron chi connectivity index (χ1n) is 11.9. The normalized spacial score (nSPS) is 19.2. The lowest BCUT2D eigenvalue weighted by Gasteiger charge is -2.41. The number of pyridine rings is 2. The molecule has 0 spiro atoms. The minimum Gasteiger partial charge on any atom is -0.414 e. The van der Waals surface area contributed by atoms with Gasteiger partial charge in [-0.2, -0.15) is 0 Å². The van der Waals surface area contributed by atoms with Crippen molar-refractivity contribution in [1.29, 1.82) is 0 Å². The van der Waals surface area contributed by atoms with Gasteiger partial charge in [0, 0.05) is 29.3 Å². The molecule has 34 heavy (non-hydrogen) atoms. The summed E-state index contributed by atoms with van der Waals surface area (Å²) in [4.78, 5) is 23.9. The van der Waals surface area contributed by atoms with E-state index >= 15 is 0 Å². The van der Waals surface area contributed by atoms with Gasteiger partial charge in [-0.3, -0.25) is 4.98 Å². The molecule has 3 heterocycles. The molecular formula is C25H34FN5O2Si. The van der Waals surface area contributed by atoms with Crippen molar-refractivity contribution in [3.63, 3.8) is 0 Å². The number of urea groups is 1. The number of carbonyl (C=O) groups excluding carboxylic acids is 1. The number of amides is 2. The largest absolute Gasteiger partial charge is 0.414 e. The minimum absolute atomic E-state index is 0.224. The van der Waals surface area contributed by atoms with Crippen LogP contribution in [0.3, 0.4) is 0 Å². The van der Waals surface area contributed by atoms with Crippen molar-refractivity contribution in [2.75, 3.05) is 10.6 Å². The van der Waals surface area contributed by atoms with Crippen LogP contribution >= 0.6 is 0 Å². The molecule has 182 valence electrons. The van der Waals surface area contributed by atoms with E-state index in [1.54, 1.807) is 12.4 Å². The van der Waals surface area contributed by atoms with E-state index in [1.165, 1.54) is 6.07 Å². The summed E-state index contributed by atoms with van der Waals surface area (Å²) in [5.41, 5.74) is 2.61. The second-order valence-electron chi connectivity index (χ2n) is 10.7. The van der Waals surface area contributed by atoms with Crippen LogP contribution in [-0.4, -0.2) is 35.4 Å². The fourth-order valence-corrected chi connectivity index (χ4v) is 5.58. The summed E-state index contributed by atoms with van der Waals surface area (Å²) in [5, 5.41) is 6.24. The Morgan fingerprint density at radius 3 is 2.50 bits per heavy atom. The van der Waals surface area contributed by atoms with Crippen LogP contribution in [0.5, 0.6) is 0 Å². The quantitative estimate of drug-likeness (QED) is 0.348. The Hall–Kier alpha value is -2.78. The van der Waals surface area contributed by atoms with E-state index in [0.717, 1.165) is 37.6 Å². The highest BCUT2D eigenvalue weighted by atomic mass is 28.4. The number of H-pyrrole nitrogens is 1. The molecule has 0 aromatic carbocycles. The van der Waals surface area contributed by atoms with Gasteiger partial charge in [0.2, 0.25) is 0 Å². The van der Waals surface area contributed by atoms with Gasteiger partial charge in [0.15, 0.2) is 8.32 Å². The highest BCUT2D eigenvalue weighted by Crippen LogP contribution is 2.41. The molecule has 1 aliphatic carbocycles. The molecule has 1 fully saturated rings. The molecule has 0 bridgehead atoms. The maximum Gasteiger partial charge on any atom is 0.323 e. The number of aromatic nitrogens is 3. The molecule has 0 aliphatic heterocycles. The SMILES string of the molecule is CC(C)(C)[Si](C)(C)OC1CCC(c2ccc(NC(=O)Nc3c[nH]c4ncc(F)cc34)cn2)CC1. The average Bonchev–Trinajstić information content (AvgIpc) is 3.15. The van der Waals surface area contributed by atoms with Crippen LogP contribution in [0.1, 0.15) is 58.1 Å². The number of rotatable bonds is 5. The monoisotopic (exact) mass is 483 g/mol. The van der Waals surface area contributed by atoms with E-state index in [-0.39, 0.29) is 5.04 Å². The Labute approximate surface area is 201 Å². The van der Waals surface area contributed by atoms with Gasteiger partial charge in [0.25, 0.3) is 0 Å². The lowest BCUT2D eigenvalue weighted by molar-refractivity contribution is 0.129. The van der Waals surface area contributed by atoms with Crippen LogP contribution < -0.4 is 10.6 Å². The van der Waals surface area contributed by atoms with Gasteiger partial charge in [-0.25, -0.2) is 14.2 Å². The Kier molecular flexibility index (Phi) is 6.77. The van der Waals surface area contributed by atoms with Gasteiger partial charge < -0.3 is 20.0 Å². The van der Waals surface area contributed by atoms with Crippen LogP contribution in [0.25, 0.3) is 11.0 Å². The summed E-state index contributed by atoms with van der Waals surface area (Å²) in [6.45, 7) is 11.5. The first kappa shape index (κ1) is 24.3. The van der Waals surface area contributed by atoms with Crippen LogP contribution in [0.2, 0.25) is 18.1 Å². The van der Waals surface area contributed by atoms with Gasteiger partial charge in [-0.05, 0) is 62.0 Å². The molecule has 0 saturated heterocycles. The number of hydrogen-bond donors (Lipinski definition) is 3. The zero-order valence-electron chi connectivity index (χ0n) is 20.5. The Morgan fingerprint density at radius 1 is 1.12 bits per heavy atom. The summed E-state index contributed by atoms with van der Waals surface area (Å²) < 4.78 is 20.1. The van der Waals surface area contributed by atoms with Crippen molar-refractivity contribution < 1.29 is 13.6 Å². The number of fused-ring (bicyclic) bond motifs is 1. The predicted octanol–water partition coefficient (Wildman–Crippen LogP) is 6.79. The summed E-state index contributed by atoms with van der Waals surface area (Å²) >= 11 is 0. The maximum atomic E-state index is 13.5. The number of halogens is 1. The highest BCUT2D eigenvalue weighted by Gasteiger charge is 2.40. The third-order valence-electron chi connectivity index (χ3n) is 7.15. The fourth-order valence-electron chi connectivity index (χ4n) is 4.16. The molecular weight excluding hydrogens is 449 g/mol. The molecule has 1 saturated carbocycles. The molecule has 0 atom stereocenters. The maximum absolute atomic E-state index is 13.5. The topological polar surface area (TPSA) is 91.9 Å². The molecule has 3 N–H and O–H groups in total. The van der Waals surface area contributed by atoms with Gasteiger partial charge in [0.05, 0.1) is 23.8 Å². The van der Waals surface area contributed by atoms with Crippen LogP contribution in [0.15, 0.2) is 36.8 Å². The summed E-state index contributed by atoms with van der Waals surface area (Å²) in [7, 11) is -1.74. The first-order chi connectivity index (χ1) is 16.0. The molecule has 9 heteroatoms. The van der Waals surface area contributed by atoms with Crippen molar-refractivity contribution in [2.24, 2.45) is 0 Å². The zero-order valence-corrected chi connectivity index (χ0v) is 21.5. The van der Waals surface area contributed by atoms with Gasteiger partial charge in [0.1, 0.15) is 11.5 Å². The molecule has 3 aromatic rings. The number of anilines is 2. The molecule has 0 unspecified atom stereocenters. The van der Waals surface area contributed by atoms with Gasteiger partial charge in [-0.15, -0.1) is 0 Å². The minimum atomic E-state index is -1.74. The molecule has 1 aliphatic rings. The van der Waals surface area contributed by atoms with Crippen molar-refractivity contribution in [3.8, 4) is 0 Å². The van der Waals surface area contributed by atoms with Crippen LogP contribution in [-0.2, 0) is 4.43 Å². The number of carbonyl (C=O) groups is 1. The van der Waals surface area contributed by atoms with Crippen LogP contribution in [0.4, 0.5) is 20.6 Å². The lowest BCUT2D eigenvalue weighted by atomic mass is 9.85. The summed E-state index contributed by atoms with van der Waals surface area (Å²) in [5.74, 6) is -0.0494. The van der Waals surface area contributed by atoms with E-state index in [4.69, 9.17) is 4.43 Å². The van der Waals surface area contributed by atoms with Crippen molar-refractivity contribution in [3.05, 3.63) is 48.3 Å². The third kappa shape index (κ3) is 5.47. The number of nitrogens with zero attached hydrogens (tertiary/aromatic N) is 2. The number of nitrogens with one attached hydrogen (secondary N) is 3.